The topological polar surface area (TPSA) is 95.9 Å². The molecular formula is C10H16N2O5. The van der Waals surface area contributed by atoms with Gasteiger partial charge in [0.25, 0.3) is 0 Å². The van der Waals surface area contributed by atoms with E-state index in [9.17, 15) is 14.4 Å². The van der Waals surface area contributed by atoms with E-state index in [4.69, 9.17) is 9.84 Å². The van der Waals surface area contributed by atoms with Crippen LogP contribution in [0.3, 0.4) is 0 Å². The second-order valence-electron chi connectivity index (χ2n) is 3.68. The monoisotopic (exact) mass is 244 g/mol. The Morgan fingerprint density at radius 3 is 2.76 bits per heavy atom. The van der Waals surface area contributed by atoms with Crippen LogP contribution in [-0.4, -0.2) is 60.1 Å². The summed E-state index contributed by atoms with van der Waals surface area (Å²) in [7, 11) is 0. The fraction of sp³-hybridized carbons (Fsp3) is 0.700. The Hall–Kier alpha value is -1.63. The molecule has 0 aromatic carbocycles. The zero-order chi connectivity index (χ0) is 12.8. The highest BCUT2D eigenvalue weighted by Gasteiger charge is 2.32. The van der Waals surface area contributed by atoms with Crippen molar-refractivity contribution in [1.29, 1.82) is 0 Å². The molecule has 1 atom stereocenters. The fourth-order valence-electron chi connectivity index (χ4n) is 1.48. The van der Waals surface area contributed by atoms with Gasteiger partial charge in [-0.1, -0.05) is 6.92 Å². The zero-order valence-electron chi connectivity index (χ0n) is 9.64. The predicted octanol–water partition coefficient (Wildman–Crippen LogP) is -0.539. The normalized spacial score (nSPS) is 19.8. The Bertz CT molecular complexity index is 318. The predicted molar refractivity (Wildman–Crippen MR) is 57.6 cm³/mol. The number of nitrogens with zero attached hydrogens (tertiary/aromatic N) is 1. The van der Waals surface area contributed by atoms with Gasteiger partial charge in [-0.3, -0.25) is 14.5 Å². The average molecular weight is 244 g/mol. The molecular weight excluding hydrogens is 228 g/mol. The molecule has 1 fully saturated rings. The summed E-state index contributed by atoms with van der Waals surface area (Å²) < 4.78 is 5.07. The third-order valence-electron chi connectivity index (χ3n) is 2.53. The van der Waals surface area contributed by atoms with Crippen molar-refractivity contribution >= 4 is 17.8 Å². The van der Waals surface area contributed by atoms with E-state index >= 15 is 0 Å². The van der Waals surface area contributed by atoms with Crippen molar-refractivity contribution in [1.82, 2.24) is 10.2 Å². The number of carbonyl (C=O) groups is 3. The zero-order valence-corrected chi connectivity index (χ0v) is 9.64. The van der Waals surface area contributed by atoms with Gasteiger partial charge in [-0.2, -0.15) is 0 Å². The van der Waals surface area contributed by atoms with Gasteiger partial charge in [0.2, 0.25) is 5.91 Å². The quantitative estimate of drug-likeness (QED) is 0.692. The molecule has 0 saturated carbocycles. The number of carbonyl (C=O) groups excluding carboxylic acids is 2. The second-order valence-corrected chi connectivity index (χ2v) is 3.68. The molecule has 1 aliphatic rings. The van der Waals surface area contributed by atoms with E-state index in [0.29, 0.717) is 6.42 Å². The molecule has 7 nitrogen and oxygen atoms in total. The van der Waals surface area contributed by atoms with E-state index in [1.54, 1.807) is 6.92 Å². The number of hydrogen-bond donors (Lipinski definition) is 2. The van der Waals surface area contributed by atoms with Crippen LogP contribution >= 0.6 is 0 Å². The summed E-state index contributed by atoms with van der Waals surface area (Å²) in [6, 6.07) is -0.870. The molecule has 1 aliphatic heterocycles. The second kappa shape index (κ2) is 6.19. The van der Waals surface area contributed by atoms with E-state index < -0.39 is 18.0 Å². The van der Waals surface area contributed by atoms with E-state index in [1.165, 1.54) is 0 Å². The smallest absolute Gasteiger partial charge is 0.408 e. The summed E-state index contributed by atoms with van der Waals surface area (Å²) in [5.74, 6) is -0.592. The number of Topliss-reactive ketones (excluding diaryl/α,β-unsaturated/α-hetero) is 1. The van der Waals surface area contributed by atoms with Gasteiger partial charge in [-0.15, -0.1) is 0 Å². The molecule has 0 aromatic rings. The minimum atomic E-state index is -1.16. The van der Waals surface area contributed by atoms with Crippen LogP contribution in [0.25, 0.3) is 0 Å². The van der Waals surface area contributed by atoms with E-state index in [2.05, 4.69) is 5.32 Å². The molecule has 96 valence electrons. The molecule has 7 heteroatoms. The van der Waals surface area contributed by atoms with E-state index in [0.717, 1.165) is 4.90 Å². The molecule has 0 spiro atoms. The van der Waals surface area contributed by atoms with Crippen LogP contribution in [0, 0.1) is 0 Å². The fourth-order valence-corrected chi connectivity index (χ4v) is 1.48. The van der Waals surface area contributed by atoms with E-state index in [1.807, 2.05) is 0 Å². The first-order valence-corrected chi connectivity index (χ1v) is 5.43. The molecule has 17 heavy (non-hydrogen) atoms. The number of ketones is 1. The highest BCUT2D eigenvalue weighted by molar-refractivity contribution is 5.90. The Kier molecular flexibility index (Phi) is 4.89. The lowest BCUT2D eigenvalue weighted by Gasteiger charge is -2.32. The molecule has 0 aliphatic carbocycles. The highest BCUT2D eigenvalue weighted by Crippen LogP contribution is 2.07. The summed E-state index contributed by atoms with van der Waals surface area (Å²) in [5.41, 5.74) is 0. The molecule has 0 bridgehead atoms. The maximum Gasteiger partial charge on any atom is 0.408 e. The minimum absolute atomic E-state index is 0.0262. The van der Waals surface area contributed by atoms with Crippen LogP contribution in [0.2, 0.25) is 0 Å². The van der Waals surface area contributed by atoms with Gasteiger partial charge < -0.3 is 15.2 Å². The summed E-state index contributed by atoms with van der Waals surface area (Å²) in [5, 5.41) is 11.3. The Morgan fingerprint density at radius 2 is 2.18 bits per heavy atom. The first kappa shape index (κ1) is 13.4. The molecule has 0 aromatic heterocycles. The molecule has 0 radical (unpaired) electrons. The minimum Gasteiger partial charge on any atom is -0.465 e. The van der Waals surface area contributed by atoms with Crippen molar-refractivity contribution in [3.63, 3.8) is 0 Å². The third kappa shape index (κ3) is 3.70. The van der Waals surface area contributed by atoms with Crippen molar-refractivity contribution in [3.8, 4) is 0 Å². The first-order chi connectivity index (χ1) is 8.06. The maximum absolute atomic E-state index is 11.7. The Labute approximate surface area is 98.7 Å². The number of amides is 2. The Morgan fingerprint density at radius 1 is 1.47 bits per heavy atom. The average Bonchev–Trinajstić information content (AvgIpc) is 2.35. The van der Waals surface area contributed by atoms with Crippen molar-refractivity contribution in [2.75, 3.05) is 26.3 Å². The standard InChI is InChI=1S/C10H16N2O5/c1-2-7(13)5-11-9(14)8-6-17-4-3-12(8)10(15)16/h8H,2-6H2,1H3,(H,11,14)(H,15,16). The first-order valence-electron chi connectivity index (χ1n) is 5.43. The van der Waals surface area contributed by atoms with Gasteiger partial charge in [-0.05, 0) is 0 Å². The molecule has 2 amide bonds. The lowest BCUT2D eigenvalue weighted by Crippen LogP contribution is -2.56. The van der Waals surface area contributed by atoms with Crippen LogP contribution in [-0.2, 0) is 14.3 Å². The van der Waals surface area contributed by atoms with Gasteiger partial charge in [-0.25, -0.2) is 4.79 Å². The number of ether oxygens (including phenoxy) is 1. The summed E-state index contributed by atoms with van der Waals surface area (Å²) in [6.07, 6.45) is -0.820. The van der Waals surface area contributed by atoms with Gasteiger partial charge in [0.15, 0.2) is 5.78 Å². The number of rotatable bonds is 4. The van der Waals surface area contributed by atoms with E-state index in [-0.39, 0.29) is 32.1 Å². The van der Waals surface area contributed by atoms with Crippen LogP contribution < -0.4 is 5.32 Å². The SMILES string of the molecule is CCC(=O)CNC(=O)C1COCCN1C(=O)O. The largest absolute Gasteiger partial charge is 0.465 e. The van der Waals surface area contributed by atoms with Crippen LogP contribution in [0.5, 0.6) is 0 Å². The van der Waals surface area contributed by atoms with Crippen LogP contribution in [0.4, 0.5) is 4.79 Å². The lowest BCUT2D eigenvalue weighted by atomic mass is 10.2. The van der Waals surface area contributed by atoms with Crippen LogP contribution in [0.1, 0.15) is 13.3 Å². The molecule has 1 rings (SSSR count). The van der Waals surface area contributed by atoms with Crippen LogP contribution in [0.15, 0.2) is 0 Å². The maximum atomic E-state index is 11.7. The molecule has 2 N–H and O–H groups in total. The van der Waals surface area contributed by atoms with Crippen molar-refractivity contribution < 1.29 is 24.2 Å². The third-order valence-corrected chi connectivity index (χ3v) is 2.53. The van der Waals surface area contributed by atoms with Crippen molar-refractivity contribution in [2.45, 2.75) is 19.4 Å². The molecule has 1 heterocycles. The molecule has 1 unspecified atom stereocenters. The summed E-state index contributed by atoms with van der Waals surface area (Å²) in [6.45, 7) is 2.10. The number of carboxylic acid groups (broad SMARTS) is 1. The van der Waals surface area contributed by atoms with Gasteiger partial charge in [0.1, 0.15) is 6.04 Å². The highest BCUT2D eigenvalue weighted by atomic mass is 16.5. The Balaban J connectivity index is 2.53. The lowest BCUT2D eigenvalue weighted by molar-refractivity contribution is -0.132. The summed E-state index contributed by atoms with van der Waals surface area (Å²) >= 11 is 0. The van der Waals surface area contributed by atoms with Gasteiger partial charge in [0, 0.05) is 13.0 Å². The molecule has 1 saturated heterocycles. The van der Waals surface area contributed by atoms with Crippen molar-refractivity contribution in [3.05, 3.63) is 0 Å². The van der Waals surface area contributed by atoms with Crippen molar-refractivity contribution in [2.24, 2.45) is 0 Å². The van der Waals surface area contributed by atoms with Gasteiger partial charge in [0.05, 0.1) is 19.8 Å². The number of hydrogen-bond acceptors (Lipinski definition) is 4. The van der Waals surface area contributed by atoms with Gasteiger partial charge >= 0.3 is 6.09 Å². The summed E-state index contributed by atoms with van der Waals surface area (Å²) in [4.78, 5) is 34.6. The number of nitrogens with one attached hydrogen (secondary N) is 1. The number of morpholine rings is 1.